The highest BCUT2D eigenvalue weighted by atomic mass is 16.5. The molecule has 1 heterocycles. The van der Waals surface area contributed by atoms with Gasteiger partial charge in [-0.25, -0.2) is 0 Å². The maximum Gasteiger partial charge on any atom is 0.0729 e. The Morgan fingerprint density at radius 2 is 2.62 bits per heavy atom. The SMILES string of the molecule is C[CH]C1CNCCO1. The Hall–Kier alpha value is -0.0800. The highest BCUT2D eigenvalue weighted by Crippen LogP contribution is 1.97. The molecule has 1 radical (unpaired) electrons. The molecule has 1 N–H and O–H groups in total. The van der Waals surface area contributed by atoms with Gasteiger partial charge in [0.1, 0.15) is 0 Å². The Balaban J connectivity index is 2.13. The number of hydrogen-bond acceptors (Lipinski definition) is 2. The van der Waals surface area contributed by atoms with E-state index in [-0.39, 0.29) is 0 Å². The molecule has 2 nitrogen and oxygen atoms in total. The van der Waals surface area contributed by atoms with Gasteiger partial charge >= 0.3 is 0 Å². The zero-order valence-electron chi connectivity index (χ0n) is 5.18. The van der Waals surface area contributed by atoms with Gasteiger partial charge in [0, 0.05) is 13.1 Å². The van der Waals surface area contributed by atoms with Gasteiger partial charge in [-0.05, 0) is 6.42 Å². The van der Waals surface area contributed by atoms with E-state index in [2.05, 4.69) is 11.7 Å². The van der Waals surface area contributed by atoms with E-state index in [4.69, 9.17) is 4.74 Å². The van der Waals surface area contributed by atoms with Gasteiger partial charge in [-0.3, -0.25) is 0 Å². The minimum Gasteiger partial charge on any atom is -0.375 e. The quantitative estimate of drug-likeness (QED) is 0.525. The smallest absolute Gasteiger partial charge is 0.0729 e. The van der Waals surface area contributed by atoms with Gasteiger partial charge < -0.3 is 10.1 Å². The zero-order chi connectivity index (χ0) is 5.82. The van der Waals surface area contributed by atoms with E-state index >= 15 is 0 Å². The van der Waals surface area contributed by atoms with Crippen LogP contribution < -0.4 is 5.32 Å². The first-order chi connectivity index (χ1) is 3.93. The fourth-order valence-electron chi connectivity index (χ4n) is 0.800. The van der Waals surface area contributed by atoms with Gasteiger partial charge in [0.15, 0.2) is 0 Å². The average molecular weight is 114 g/mol. The fourth-order valence-corrected chi connectivity index (χ4v) is 0.800. The molecule has 0 amide bonds. The Morgan fingerprint density at radius 1 is 1.75 bits per heavy atom. The summed E-state index contributed by atoms with van der Waals surface area (Å²) in [5, 5.41) is 3.23. The van der Waals surface area contributed by atoms with Crippen molar-refractivity contribution in [1.29, 1.82) is 0 Å². The Bertz CT molecular complexity index is 59.5. The molecule has 0 spiro atoms. The lowest BCUT2D eigenvalue weighted by Gasteiger charge is -2.21. The standard InChI is InChI=1S/C6H12NO/c1-2-6-5-7-3-4-8-6/h2,6-7H,3-5H2,1H3. The molecule has 1 unspecified atom stereocenters. The normalized spacial score (nSPS) is 30.4. The summed E-state index contributed by atoms with van der Waals surface area (Å²) in [4.78, 5) is 0. The van der Waals surface area contributed by atoms with Gasteiger partial charge in [0.2, 0.25) is 0 Å². The Morgan fingerprint density at radius 3 is 3.00 bits per heavy atom. The summed E-state index contributed by atoms with van der Waals surface area (Å²) >= 11 is 0. The molecule has 0 aromatic rings. The van der Waals surface area contributed by atoms with Gasteiger partial charge in [0.05, 0.1) is 12.7 Å². The molecule has 1 atom stereocenters. The molecule has 0 aromatic heterocycles. The minimum atomic E-state index is 0.351. The predicted molar refractivity (Wildman–Crippen MR) is 32.6 cm³/mol. The molecule has 0 saturated carbocycles. The van der Waals surface area contributed by atoms with Crippen LogP contribution in [0.3, 0.4) is 0 Å². The molecular formula is C6H12NO. The number of hydrogen-bond donors (Lipinski definition) is 1. The molecule has 2 heteroatoms. The van der Waals surface area contributed by atoms with Crippen molar-refractivity contribution in [2.75, 3.05) is 19.7 Å². The van der Waals surface area contributed by atoms with Crippen LogP contribution in [0.1, 0.15) is 6.92 Å². The molecule has 47 valence electrons. The second kappa shape index (κ2) is 3.05. The first kappa shape index (κ1) is 6.05. The van der Waals surface area contributed by atoms with E-state index in [1.807, 2.05) is 6.92 Å². The van der Waals surface area contributed by atoms with Crippen molar-refractivity contribution in [3.63, 3.8) is 0 Å². The summed E-state index contributed by atoms with van der Waals surface area (Å²) in [6.45, 7) is 4.87. The lowest BCUT2D eigenvalue weighted by molar-refractivity contribution is 0.0495. The predicted octanol–water partition coefficient (Wildman–Crippen LogP) is 0.199. The van der Waals surface area contributed by atoms with Crippen molar-refractivity contribution in [1.82, 2.24) is 5.32 Å². The maximum absolute atomic E-state index is 5.31. The minimum absolute atomic E-state index is 0.351. The third kappa shape index (κ3) is 1.46. The van der Waals surface area contributed by atoms with Crippen LogP contribution in [0.4, 0.5) is 0 Å². The molecule has 1 saturated heterocycles. The average Bonchev–Trinajstić information content (AvgIpc) is 1.90. The monoisotopic (exact) mass is 114 g/mol. The lowest BCUT2D eigenvalue weighted by Crippen LogP contribution is -2.38. The highest BCUT2D eigenvalue weighted by Gasteiger charge is 2.09. The van der Waals surface area contributed by atoms with Crippen LogP contribution in [0.2, 0.25) is 0 Å². The molecule has 1 aliphatic heterocycles. The summed E-state index contributed by atoms with van der Waals surface area (Å²) < 4.78 is 5.31. The van der Waals surface area contributed by atoms with E-state index < -0.39 is 0 Å². The topological polar surface area (TPSA) is 21.3 Å². The molecule has 0 bridgehead atoms. The molecule has 8 heavy (non-hydrogen) atoms. The van der Waals surface area contributed by atoms with Crippen molar-refractivity contribution >= 4 is 0 Å². The van der Waals surface area contributed by atoms with Gasteiger partial charge in [-0.2, -0.15) is 0 Å². The van der Waals surface area contributed by atoms with E-state index in [9.17, 15) is 0 Å². The van der Waals surface area contributed by atoms with Crippen molar-refractivity contribution in [2.45, 2.75) is 13.0 Å². The van der Waals surface area contributed by atoms with Crippen LogP contribution in [0.25, 0.3) is 0 Å². The van der Waals surface area contributed by atoms with Gasteiger partial charge in [0.25, 0.3) is 0 Å². The molecule has 0 aromatic carbocycles. The molecule has 0 aliphatic carbocycles. The second-order valence-corrected chi connectivity index (χ2v) is 1.95. The van der Waals surface area contributed by atoms with Crippen molar-refractivity contribution in [3.05, 3.63) is 6.42 Å². The molecule has 1 rings (SSSR count). The summed E-state index contributed by atoms with van der Waals surface area (Å²) in [5.74, 6) is 0. The number of nitrogens with one attached hydrogen (secondary N) is 1. The van der Waals surface area contributed by atoms with Crippen LogP contribution in [-0.2, 0) is 4.74 Å². The van der Waals surface area contributed by atoms with Crippen LogP contribution in [0.15, 0.2) is 0 Å². The number of morpholine rings is 1. The first-order valence-electron chi connectivity index (χ1n) is 3.05. The molecular weight excluding hydrogens is 102 g/mol. The molecule has 1 aliphatic rings. The summed E-state index contributed by atoms with van der Waals surface area (Å²) in [7, 11) is 0. The van der Waals surface area contributed by atoms with Crippen LogP contribution in [0, 0.1) is 6.42 Å². The third-order valence-electron chi connectivity index (χ3n) is 1.33. The van der Waals surface area contributed by atoms with Crippen molar-refractivity contribution < 1.29 is 4.74 Å². The maximum atomic E-state index is 5.31. The van der Waals surface area contributed by atoms with E-state index in [1.165, 1.54) is 0 Å². The van der Waals surface area contributed by atoms with Gasteiger partial charge in [-0.15, -0.1) is 0 Å². The van der Waals surface area contributed by atoms with Crippen LogP contribution >= 0.6 is 0 Å². The first-order valence-corrected chi connectivity index (χ1v) is 3.05. The van der Waals surface area contributed by atoms with Gasteiger partial charge in [-0.1, -0.05) is 6.92 Å². The summed E-state index contributed by atoms with van der Waals surface area (Å²) in [6, 6.07) is 0. The van der Waals surface area contributed by atoms with E-state index in [1.54, 1.807) is 0 Å². The highest BCUT2D eigenvalue weighted by molar-refractivity contribution is 4.76. The fraction of sp³-hybridized carbons (Fsp3) is 0.833. The largest absolute Gasteiger partial charge is 0.375 e. The molecule has 1 fully saturated rings. The van der Waals surface area contributed by atoms with E-state index in [0.29, 0.717) is 6.10 Å². The van der Waals surface area contributed by atoms with Crippen LogP contribution in [-0.4, -0.2) is 25.8 Å². The summed E-state index contributed by atoms with van der Waals surface area (Å²) in [5.41, 5.74) is 0. The Kier molecular flexibility index (Phi) is 2.30. The lowest BCUT2D eigenvalue weighted by atomic mass is 10.2. The summed E-state index contributed by atoms with van der Waals surface area (Å²) in [6.07, 6.45) is 2.43. The number of ether oxygens (including phenoxy) is 1. The van der Waals surface area contributed by atoms with Crippen molar-refractivity contribution in [2.24, 2.45) is 0 Å². The second-order valence-electron chi connectivity index (χ2n) is 1.95. The van der Waals surface area contributed by atoms with E-state index in [0.717, 1.165) is 19.7 Å². The third-order valence-corrected chi connectivity index (χ3v) is 1.33. The zero-order valence-corrected chi connectivity index (χ0v) is 5.18. The Labute approximate surface area is 50.2 Å². The number of rotatable bonds is 1. The van der Waals surface area contributed by atoms with Crippen molar-refractivity contribution in [3.8, 4) is 0 Å². The van der Waals surface area contributed by atoms with Crippen LogP contribution in [0.5, 0.6) is 0 Å².